The lowest BCUT2D eigenvalue weighted by atomic mass is 10.2. The monoisotopic (exact) mass is 506 g/mol. The van der Waals surface area contributed by atoms with Gasteiger partial charge in [-0.2, -0.15) is 18.9 Å². The minimum atomic E-state index is -5.69. The average molecular weight is 506 g/mol. The predicted octanol–water partition coefficient (Wildman–Crippen LogP) is -1.12. The molecule has 0 bridgehead atoms. The Morgan fingerprint density at radius 2 is 1.90 bits per heavy atom. The van der Waals surface area contributed by atoms with Crippen molar-refractivity contribution in [2.45, 2.75) is 31.3 Å². The molecule has 1 aromatic heterocycles. The normalized spacial score (nSPS) is 25.5. The number of hydrogen-bond acceptors (Lipinski definition) is 12. The summed E-state index contributed by atoms with van der Waals surface area (Å²) in [5, 5.41) is 18.8. The van der Waals surface area contributed by atoms with Gasteiger partial charge in [-0.1, -0.05) is 0 Å². The first-order valence-electron chi connectivity index (χ1n) is 7.99. The van der Waals surface area contributed by atoms with Gasteiger partial charge in [0.25, 0.3) is 0 Å². The Balaban J connectivity index is 2.06. The second-order valence-corrected chi connectivity index (χ2v) is 10.4. The maximum atomic E-state index is 12.0. The molecular weight excluding hydrogens is 489 g/mol. The largest absolute Gasteiger partial charge is 0.490 e. The highest BCUT2D eigenvalue weighted by molar-refractivity contribution is 7.66. The molecule has 1 saturated heterocycles. The number of aromatic nitrogens is 2. The van der Waals surface area contributed by atoms with Crippen molar-refractivity contribution in [2.75, 3.05) is 12.3 Å². The number of nitrogens with two attached hydrogens (primary N) is 1. The molecule has 0 amide bonds. The van der Waals surface area contributed by atoms with E-state index in [2.05, 4.69) is 18.1 Å². The SMILES string of the molecule is N#CCc1cn([C@H]2C[C@H](O)[C@@H](COP(=O)(O)OP(=O)(O)OP(=O)(O)O)O2)c(=O)nc1N. The summed E-state index contributed by atoms with van der Waals surface area (Å²) < 4.78 is 51.4. The number of phosphoric ester groups is 1. The van der Waals surface area contributed by atoms with Crippen molar-refractivity contribution in [2.24, 2.45) is 0 Å². The van der Waals surface area contributed by atoms with E-state index >= 15 is 0 Å². The number of anilines is 1. The maximum absolute atomic E-state index is 12.0. The van der Waals surface area contributed by atoms with Crippen LogP contribution in [-0.4, -0.2) is 53.0 Å². The smallest absolute Gasteiger partial charge is 0.390 e. The summed E-state index contributed by atoms with van der Waals surface area (Å²) in [6.45, 7) is -0.899. The lowest BCUT2D eigenvalue weighted by Gasteiger charge is -2.19. The quantitative estimate of drug-likeness (QED) is 0.216. The molecule has 31 heavy (non-hydrogen) atoms. The fraction of sp³-hybridized carbons (Fsp3) is 0.545. The standard InChI is InChI=1S/C11H17N4O13P3/c12-2-1-6-4-15(11(17)14-10(6)13)9-3-7(16)8(26-9)5-25-30(21,22)28-31(23,24)27-29(18,19)20/h4,7-9,16H,1,3,5H2,(H,21,22)(H,23,24)(H2,13,14,17)(H2,18,19,20)/t7-,8+,9+/m0/s1. The lowest BCUT2D eigenvalue weighted by Crippen LogP contribution is -2.29. The van der Waals surface area contributed by atoms with E-state index in [1.807, 2.05) is 6.07 Å². The van der Waals surface area contributed by atoms with Crippen molar-refractivity contribution in [3.8, 4) is 6.07 Å². The van der Waals surface area contributed by atoms with Crippen LogP contribution in [0.3, 0.4) is 0 Å². The molecular formula is C11H17N4O13P3. The number of rotatable bonds is 9. The van der Waals surface area contributed by atoms with Crippen molar-refractivity contribution in [1.29, 1.82) is 5.26 Å². The third-order valence-electron chi connectivity index (χ3n) is 3.66. The molecule has 17 nitrogen and oxygen atoms in total. The van der Waals surface area contributed by atoms with Crippen LogP contribution in [0.25, 0.3) is 0 Å². The molecule has 0 aliphatic carbocycles. The van der Waals surface area contributed by atoms with Crippen LogP contribution in [0.2, 0.25) is 0 Å². The molecule has 0 aromatic carbocycles. The van der Waals surface area contributed by atoms with E-state index in [9.17, 15) is 28.5 Å². The Labute approximate surface area is 173 Å². The van der Waals surface area contributed by atoms with Gasteiger partial charge in [0, 0.05) is 18.2 Å². The molecule has 7 N–H and O–H groups in total. The highest BCUT2D eigenvalue weighted by atomic mass is 31.3. The van der Waals surface area contributed by atoms with Gasteiger partial charge >= 0.3 is 29.2 Å². The van der Waals surface area contributed by atoms with Crippen LogP contribution in [0.1, 0.15) is 18.2 Å². The van der Waals surface area contributed by atoms with Crippen LogP contribution in [0.4, 0.5) is 5.82 Å². The van der Waals surface area contributed by atoms with Crippen LogP contribution >= 0.6 is 23.5 Å². The van der Waals surface area contributed by atoms with Gasteiger partial charge in [0.1, 0.15) is 18.1 Å². The predicted molar refractivity (Wildman–Crippen MR) is 96.6 cm³/mol. The van der Waals surface area contributed by atoms with Gasteiger partial charge in [-0.15, -0.1) is 0 Å². The minimum Gasteiger partial charge on any atom is -0.390 e. The molecule has 20 heteroatoms. The highest BCUT2D eigenvalue weighted by Crippen LogP contribution is 2.66. The summed E-state index contributed by atoms with van der Waals surface area (Å²) in [5.74, 6) is -0.162. The van der Waals surface area contributed by atoms with Crippen LogP contribution in [0.5, 0.6) is 0 Å². The zero-order chi connectivity index (χ0) is 23.6. The molecule has 0 radical (unpaired) electrons. The van der Waals surface area contributed by atoms with E-state index in [4.69, 9.17) is 30.4 Å². The summed E-state index contributed by atoms with van der Waals surface area (Å²) in [5.41, 5.74) is 4.92. The Hall–Kier alpha value is -1.50. The molecule has 174 valence electrons. The molecule has 1 fully saturated rings. The number of ether oxygens (including phenoxy) is 1. The lowest BCUT2D eigenvalue weighted by molar-refractivity contribution is -0.0450. The van der Waals surface area contributed by atoms with Crippen LogP contribution in [0.15, 0.2) is 11.0 Å². The number of nitrogen functional groups attached to an aromatic ring is 1. The highest BCUT2D eigenvalue weighted by Gasteiger charge is 2.43. The molecule has 2 heterocycles. The van der Waals surface area contributed by atoms with Gasteiger partial charge in [0.15, 0.2) is 0 Å². The first-order chi connectivity index (χ1) is 14.1. The van der Waals surface area contributed by atoms with Gasteiger partial charge in [-0.25, -0.2) is 18.5 Å². The Morgan fingerprint density at radius 3 is 2.48 bits per heavy atom. The Bertz CT molecular complexity index is 1060. The van der Waals surface area contributed by atoms with Crippen molar-refractivity contribution in [1.82, 2.24) is 9.55 Å². The van der Waals surface area contributed by atoms with Crippen molar-refractivity contribution >= 4 is 29.3 Å². The zero-order valence-corrected chi connectivity index (χ0v) is 17.9. The summed E-state index contributed by atoms with van der Waals surface area (Å²) >= 11 is 0. The molecule has 2 rings (SSSR count). The van der Waals surface area contributed by atoms with Gasteiger partial charge in [-0.05, 0) is 0 Å². The van der Waals surface area contributed by atoms with E-state index in [1.54, 1.807) is 0 Å². The molecule has 2 unspecified atom stereocenters. The van der Waals surface area contributed by atoms with Gasteiger partial charge in [-0.3, -0.25) is 9.09 Å². The number of phosphoric acid groups is 3. The van der Waals surface area contributed by atoms with Crippen LogP contribution in [0, 0.1) is 11.3 Å². The summed E-state index contributed by atoms with van der Waals surface area (Å²) in [6, 6.07) is 1.83. The van der Waals surface area contributed by atoms with Crippen LogP contribution in [-0.2, 0) is 38.0 Å². The first kappa shape index (κ1) is 25.8. The van der Waals surface area contributed by atoms with Crippen molar-refractivity contribution in [3.05, 3.63) is 22.2 Å². The molecule has 0 spiro atoms. The van der Waals surface area contributed by atoms with Gasteiger partial charge < -0.3 is 35.2 Å². The first-order valence-corrected chi connectivity index (χ1v) is 12.5. The third-order valence-corrected chi connectivity index (χ3v) is 7.47. The second kappa shape index (κ2) is 9.55. The topological polar surface area (TPSA) is 274 Å². The molecule has 0 saturated carbocycles. The van der Waals surface area contributed by atoms with E-state index in [0.717, 1.165) is 4.57 Å². The Kier molecular flexibility index (Phi) is 7.94. The number of aliphatic hydroxyl groups is 1. The minimum absolute atomic E-state index is 0.162. The van der Waals surface area contributed by atoms with E-state index in [-0.39, 0.29) is 24.2 Å². The number of nitriles is 1. The van der Waals surface area contributed by atoms with Crippen LogP contribution < -0.4 is 11.4 Å². The number of nitrogens with zero attached hydrogens (tertiary/aromatic N) is 3. The fourth-order valence-corrected chi connectivity index (χ4v) is 5.49. The van der Waals surface area contributed by atoms with Crippen molar-refractivity contribution in [3.63, 3.8) is 0 Å². The second-order valence-electron chi connectivity index (χ2n) is 6.00. The maximum Gasteiger partial charge on any atom is 0.490 e. The van der Waals surface area contributed by atoms with Gasteiger partial charge in [0.05, 0.1) is 25.2 Å². The molecule has 1 aromatic rings. The van der Waals surface area contributed by atoms with E-state index in [1.165, 1.54) is 6.20 Å². The summed E-state index contributed by atoms with van der Waals surface area (Å²) in [4.78, 5) is 51.1. The number of aliphatic hydroxyl groups excluding tert-OH is 1. The summed E-state index contributed by atoms with van der Waals surface area (Å²) in [7, 11) is -16.6. The Morgan fingerprint density at radius 1 is 1.26 bits per heavy atom. The van der Waals surface area contributed by atoms with E-state index < -0.39 is 54.2 Å². The molecule has 1 aliphatic rings. The van der Waals surface area contributed by atoms with Gasteiger partial charge in [0.2, 0.25) is 0 Å². The number of hydrogen-bond donors (Lipinski definition) is 6. The summed E-state index contributed by atoms with van der Waals surface area (Å²) in [6.07, 6.45) is -2.97. The molecule has 1 aliphatic heterocycles. The average Bonchev–Trinajstić information content (AvgIpc) is 2.93. The fourth-order valence-electron chi connectivity index (χ4n) is 2.46. The molecule has 5 atom stereocenters. The van der Waals surface area contributed by atoms with Crippen molar-refractivity contribution < 1.29 is 56.3 Å². The van der Waals surface area contributed by atoms with E-state index in [0.29, 0.717) is 0 Å². The third kappa shape index (κ3) is 7.55. The zero-order valence-electron chi connectivity index (χ0n) is 15.2.